The fourth-order valence-electron chi connectivity index (χ4n) is 1.87. The van der Waals surface area contributed by atoms with E-state index in [2.05, 4.69) is 38.4 Å². The van der Waals surface area contributed by atoms with Gasteiger partial charge in [0.05, 0.1) is 6.42 Å². The lowest BCUT2D eigenvalue weighted by Gasteiger charge is -2.08. The predicted octanol–water partition coefficient (Wildman–Crippen LogP) is 4.94. The number of halogens is 2. The van der Waals surface area contributed by atoms with Gasteiger partial charge in [0, 0.05) is 14.5 Å². The normalized spacial score (nSPS) is 10.2. The van der Waals surface area contributed by atoms with Crippen molar-refractivity contribution in [2.45, 2.75) is 19.6 Å². The average Bonchev–Trinajstić information content (AvgIpc) is 2.60. The molecule has 0 N–H and O–H groups in total. The minimum absolute atomic E-state index is 0.0675. The van der Waals surface area contributed by atoms with Gasteiger partial charge in [-0.25, -0.2) is 4.79 Å². The Balaban J connectivity index is 1.74. The van der Waals surface area contributed by atoms with Gasteiger partial charge in [-0.2, -0.15) is 0 Å². The van der Waals surface area contributed by atoms with Crippen LogP contribution in [0.5, 0.6) is 0 Å². The summed E-state index contributed by atoms with van der Waals surface area (Å²) in [5.74, 6) is -1.13. The van der Waals surface area contributed by atoms with E-state index in [4.69, 9.17) is 9.47 Å². The van der Waals surface area contributed by atoms with Crippen molar-refractivity contribution in [1.82, 2.24) is 0 Å². The highest BCUT2D eigenvalue weighted by Gasteiger charge is 2.14. The highest BCUT2D eigenvalue weighted by Crippen LogP contribution is 2.14. The lowest BCUT2D eigenvalue weighted by Crippen LogP contribution is -2.13. The van der Waals surface area contributed by atoms with Gasteiger partial charge in [-0.1, -0.05) is 62.7 Å². The van der Waals surface area contributed by atoms with Crippen molar-refractivity contribution < 1.29 is 19.1 Å². The molecule has 0 aliphatic heterocycles. The zero-order chi connectivity index (χ0) is 18.2. The molecule has 2 aromatic rings. The summed E-state index contributed by atoms with van der Waals surface area (Å²) >= 11 is 6.67. The first kappa shape index (κ1) is 19.4. The molecule has 0 saturated carbocycles. The smallest absolute Gasteiger partial charge is 0.334 e. The van der Waals surface area contributed by atoms with Crippen molar-refractivity contribution in [3.63, 3.8) is 0 Å². The monoisotopic (exact) mass is 466 g/mol. The molecule has 0 atom stereocenters. The zero-order valence-corrected chi connectivity index (χ0v) is 16.5. The summed E-state index contributed by atoms with van der Waals surface area (Å²) in [6.07, 6.45) is -0.199. The molecule has 2 rings (SSSR count). The van der Waals surface area contributed by atoms with E-state index >= 15 is 0 Å². The van der Waals surface area contributed by atoms with Gasteiger partial charge in [-0.15, -0.1) is 0 Å². The number of hydrogen-bond acceptors (Lipinski definition) is 4. The minimum atomic E-state index is -0.608. The quantitative estimate of drug-likeness (QED) is 0.427. The van der Waals surface area contributed by atoms with E-state index < -0.39 is 11.9 Å². The molecule has 0 spiro atoms. The highest BCUT2D eigenvalue weighted by molar-refractivity contribution is 9.10. The molecule has 0 aliphatic rings. The van der Waals surface area contributed by atoms with Gasteiger partial charge >= 0.3 is 11.9 Å². The van der Waals surface area contributed by atoms with E-state index in [0.717, 1.165) is 20.1 Å². The second-order valence-electron chi connectivity index (χ2n) is 5.27. The van der Waals surface area contributed by atoms with E-state index in [1.165, 1.54) is 0 Å². The number of ether oxygens (including phenoxy) is 2. The second kappa shape index (κ2) is 9.53. The topological polar surface area (TPSA) is 52.6 Å². The first-order valence-electron chi connectivity index (χ1n) is 7.43. The largest absolute Gasteiger partial charge is 0.461 e. The maximum Gasteiger partial charge on any atom is 0.334 e. The van der Waals surface area contributed by atoms with E-state index in [1.54, 1.807) is 0 Å². The van der Waals surface area contributed by atoms with Gasteiger partial charge in [0.1, 0.15) is 13.2 Å². The zero-order valence-electron chi connectivity index (χ0n) is 13.3. The van der Waals surface area contributed by atoms with Gasteiger partial charge in [0.25, 0.3) is 0 Å². The number of benzene rings is 2. The molecule has 0 radical (unpaired) electrons. The van der Waals surface area contributed by atoms with Gasteiger partial charge < -0.3 is 9.47 Å². The van der Waals surface area contributed by atoms with Crippen molar-refractivity contribution in [2.75, 3.05) is 0 Å². The Labute approximate surface area is 163 Å². The molecule has 0 fully saturated rings. The van der Waals surface area contributed by atoms with Gasteiger partial charge in [0.15, 0.2) is 0 Å². The molecule has 6 heteroatoms. The van der Waals surface area contributed by atoms with E-state index in [-0.39, 0.29) is 25.2 Å². The van der Waals surface area contributed by atoms with Crippen molar-refractivity contribution in [3.8, 4) is 0 Å². The van der Waals surface area contributed by atoms with Gasteiger partial charge in [-0.05, 0) is 35.4 Å². The molecular weight excluding hydrogens is 452 g/mol. The second-order valence-corrected chi connectivity index (χ2v) is 7.10. The molecule has 0 unspecified atom stereocenters. The molecule has 0 bridgehead atoms. The Kier molecular flexibility index (Phi) is 7.40. The molecule has 25 heavy (non-hydrogen) atoms. The fraction of sp³-hybridized carbons (Fsp3) is 0.158. The third-order valence-corrected chi connectivity index (χ3v) is 4.30. The van der Waals surface area contributed by atoms with Crippen LogP contribution in [0.2, 0.25) is 0 Å². The number of esters is 2. The number of hydrogen-bond donors (Lipinski definition) is 0. The van der Waals surface area contributed by atoms with Crippen LogP contribution < -0.4 is 0 Å². The van der Waals surface area contributed by atoms with Crippen molar-refractivity contribution >= 4 is 43.8 Å². The van der Waals surface area contributed by atoms with Crippen LogP contribution in [0, 0.1) is 0 Å². The van der Waals surface area contributed by atoms with Crippen molar-refractivity contribution in [1.29, 1.82) is 0 Å². The Bertz CT molecular complexity index is 752. The predicted molar refractivity (Wildman–Crippen MR) is 102 cm³/mol. The Morgan fingerprint density at radius 2 is 1.24 bits per heavy atom. The number of carbonyl (C=O) groups is 2. The van der Waals surface area contributed by atoms with Crippen LogP contribution in [-0.2, 0) is 32.3 Å². The van der Waals surface area contributed by atoms with Crippen LogP contribution in [0.15, 0.2) is 69.6 Å². The maximum atomic E-state index is 11.9. The Morgan fingerprint density at radius 1 is 0.800 bits per heavy atom. The molecule has 0 heterocycles. The number of rotatable bonds is 7. The summed E-state index contributed by atoms with van der Waals surface area (Å²) in [6, 6.07) is 14.8. The standard InChI is InChI=1S/C19H16Br2O4/c1-13(19(23)25-12-15-4-8-17(21)9-5-15)10-18(22)24-11-14-2-6-16(20)7-3-14/h2-9H,1,10-12H2. The van der Waals surface area contributed by atoms with E-state index in [1.807, 2.05) is 48.5 Å². The molecule has 0 amide bonds. The van der Waals surface area contributed by atoms with Gasteiger partial charge in [-0.3, -0.25) is 4.79 Å². The SMILES string of the molecule is C=C(CC(=O)OCc1ccc(Br)cc1)C(=O)OCc1ccc(Br)cc1. The summed E-state index contributed by atoms with van der Waals surface area (Å²) < 4.78 is 12.2. The van der Waals surface area contributed by atoms with Crippen LogP contribution in [0.4, 0.5) is 0 Å². The van der Waals surface area contributed by atoms with Crippen LogP contribution in [0.3, 0.4) is 0 Å². The van der Waals surface area contributed by atoms with Crippen molar-refractivity contribution in [3.05, 3.63) is 80.8 Å². The van der Waals surface area contributed by atoms with Gasteiger partial charge in [0.2, 0.25) is 0 Å². The Hall–Kier alpha value is -1.92. The molecule has 0 saturated heterocycles. The molecular formula is C19H16Br2O4. The third kappa shape index (κ3) is 6.84. The molecule has 4 nitrogen and oxygen atoms in total. The van der Waals surface area contributed by atoms with E-state index in [0.29, 0.717) is 0 Å². The Morgan fingerprint density at radius 3 is 1.72 bits per heavy atom. The van der Waals surface area contributed by atoms with Crippen LogP contribution in [-0.4, -0.2) is 11.9 Å². The van der Waals surface area contributed by atoms with Crippen LogP contribution in [0.25, 0.3) is 0 Å². The summed E-state index contributed by atoms with van der Waals surface area (Å²) in [5, 5.41) is 0. The first-order valence-corrected chi connectivity index (χ1v) is 9.02. The minimum Gasteiger partial charge on any atom is -0.461 e. The first-order chi connectivity index (χ1) is 11.9. The highest BCUT2D eigenvalue weighted by atomic mass is 79.9. The van der Waals surface area contributed by atoms with Crippen molar-refractivity contribution in [2.24, 2.45) is 0 Å². The molecule has 0 aliphatic carbocycles. The van der Waals surface area contributed by atoms with E-state index in [9.17, 15) is 9.59 Å². The molecule has 0 aromatic heterocycles. The third-order valence-electron chi connectivity index (χ3n) is 3.24. The van der Waals surface area contributed by atoms with Crippen LogP contribution in [0.1, 0.15) is 17.5 Å². The summed E-state index contributed by atoms with van der Waals surface area (Å²) in [5.41, 5.74) is 1.78. The maximum absolute atomic E-state index is 11.9. The molecule has 130 valence electrons. The lowest BCUT2D eigenvalue weighted by atomic mass is 10.2. The molecule has 2 aromatic carbocycles. The lowest BCUT2D eigenvalue weighted by molar-refractivity contribution is -0.147. The average molecular weight is 468 g/mol. The number of carbonyl (C=O) groups excluding carboxylic acids is 2. The summed E-state index contributed by atoms with van der Waals surface area (Å²) in [4.78, 5) is 23.7. The summed E-state index contributed by atoms with van der Waals surface area (Å²) in [6.45, 7) is 3.87. The fourth-order valence-corrected chi connectivity index (χ4v) is 2.40. The summed E-state index contributed by atoms with van der Waals surface area (Å²) in [7, 11) is 0. The van der Waals surface area contributed by atoms with Crippen LogP contribution >= 0.6 is 31.9 Å².